The third kappa shape index (κ3) is 1.18. The van der Waals surface area contributed by atoms with E-state index in [1.165, 1.54) is 0 Å². The van der Waals surface area contributed by atoms with E-state index in [9.17, 15) is 22.0 Å². The summed E-state index contributed by atoms with van der Waals surface area (Å²) in [7, 11) is 0. The number of rotatable bonds is 1. The van der Waals surface area contributed by atoms with Crippen LogP contribution in [0.3, 0.4) is 0 Å². The van der Waals surface area contributed by atoms with Crippen molar-refractivity contribution in [2.75, 3.05) is 6.61 Å². The lowest BCUT2D eigenvalue weighted by molar-refractivity contribution is 0.347. The fourth-order valence-electron chi connectivity index (χ4n) is 1.12. The van der Waals surface area contributed by atoms with Crippen LogP contribution < -0.4 is 0 Å². The Balaban J connectivity index is 2.69. The summed E-state index contributed by atoms with van der Waals surface area (Å²) in [4.78, 5) is 0. The van der Waals surface area contributed by atoms with E-state index in [0.29, 0.717) is 0 Å². The van der Waals surface area contributed by atoms with E-state index in [0.717, 1.165) is 0 Å². The second-order valence-corrected chi connectivity index (χ2v) is 2.81. The molecule has 1 heterocycles. The lowest BCUT2D eigenvalue weighted by Gasteiger charge is -2.04. The topological polar surface area (TPSA) is 12.5 Å². The normalized spacial score (nSPS) is 19.9. The van der Waals surface area contributed by atoms with Crippen LogP contribution in [-0.2, 0) is 4.74 Å². The zero-order valence-electron chi connectivity index (χ0n) is 6.58. The highest BCUT2D eigenvalue weighted by Gasteiger charge is 2.36. The number of hydrogen-bond acceptors (Lipinski definition) is 1. The van der Waals surface area contributed by atoms with Crippen molar-refractivity contribution < 1.29 is 26.7 Å². The summed E-state index contributed by atoms with van der Waals surface area (Å²) in [5.41, 5.74) is -0.888. The molecule has 1 aromatic carbocycles. The maximum absolute atomic E-state index is 12.9. The van der Waals surface area contributed by atoms with Gasteiger partial charge in [0, 0.05) is 0 Å². The number of hydrogen-bond donors (Lipinski definition) is 0. The highest BCUT2D eigenvalue weighted by atomic mass is 19.2. The Labute approximate surface area is 75.1 Å². The average Bonchev–Trinajstić information content (AvgIpc) is 2.96. The molecule has 1 aromatic rings. The van der Waals surface area contributed by atoms with Crippen molar-refractivity contribution in [3.05, 3.63) is 34.6 Å². The number of epoxide rings is 1. The average molecular weight is 210 g/mol. The Hall–Kier alpha value is -1.17. The van der Waals surface area contributed by atoms with Crippen LogP contribution in [0.5, 0.6) is 0 Å². The van der Waals surface area contributed by atoms with Gasteiger partial charge in [0.05, 0.1) is 12.2 Å². The fraction of sp³-hybridized carbons (Fsp3) is 0.250. The summed E-state index contributed by atoms with van der Waals surface area (Å²) in [6.07, 6.45) is -1.01. The zero-order valence-corrected chi connectivity index (χ0v) is 6.58. The molecule has 6 heteroatoms. The van der Waals surface area contributed by atoms with Crippen LogP contribution in [-0.4, -0.2) is 6.61 Å². The van der Waals surface area contributed by atoms with Gasteiger partial charge in [0.15, 0.2) is 23.3 Å². The highest BCUT2D eigenvalue weighted by Crippen LogP contribution is 2.36. The van der Waals surface area contributed by atoms with Crippen molar-refractivity contribution >= 4 is 0 Å². The smallest absolute Gasteiger partial charge is 0.200 e. The molecule has 0 aromatic heterocycles. The van der Waals surface area contributed by atoms with Gasteiger partial charge in [-0.3, -0.25) is 0 Å². The molecule has 0 saturated carbocycles. The first-order chi connectivity index (χ1) is 6.54. The molecule has 1 aliphatic rings. The van der Waals surface area contributed by atoms with Gasteiger partial charge in [-0.15, -0.1) is 0 Å². The third-order valence-corrected chi connectivity index (χ3v) is 1.90. The summed E-state index contributed by atoms with van der Waals surface area (Å²) >= 11 is 0. The molecular formula is C8H3F5O. The zero-order chi connectivity index (χ0) is 10.5. The second-order valence-electron chi connectivity index (χ2n) is 2.81. The first-order valence-corrected chi connectivity index (χ1v) is 3.67. The van der Waals surface area contributed by atoms with Crippen LogP contribution in [0.25, 0.3) is 0 Å². The van der Waals surface area contributed by atoms with Crippen LogP contribution >= 0.6 is 0 Å². The van der Waals surface area contributed by atoms with Crippen LogP contribution in [0, 0.1) is 29.1 Å². The lowest BCUT2D eigenvalue weighted by atomic mass is 10.1. The molecule has 0 N–H and O–H groups in total. The molecule has 14 heavy (non-hydrogen) atoms. The molecule has 0 unspecified atom stereocenters. The summed E-state index contributed by atoms with van der Waals surface area (Å²) in [6.45, 7) is -0.0294. The summed E-state index contributed by atoms with van der Waals surface area (Å²) in [5, 5.41) is 0. The molecular weight excluding hydrogens is 207 g/mol. The van der Waals surface area contributed by atoms with Gasteiger partial charge in [-0.1, -0.05) is 0 Å². The molecule has 1 saturated heterocycles. The summed E-state index contributed by atoms with van der Waals surface area (Å²) in [6, 6.07) is 0. The van der Waals surface area contributed by atoms with Crippen molar-refractivity contribution in [3.8, 4) is 0 Å². The maximum Gasteiger partial charge on any atom is 0.200 e. The number of ether oxygens (including phenoxy) is 1. The minimum Gasteiger partial charge on any atom is -0.368 e. The molecule has 1 atom stereocenters. The van der Waals surface area contributed by atoms with Crippen molar-refractivity contribution in [1.82, 2.24) is 0 Å². The van der Waals surface area contributed by atoms with E-state index in [1.807, 2.05) is 0 Å². The van der Waals surface area contributed by atoms with Crippen LogP contribution in [0.4, 0.5) is 22.0 Å². The molecule has 0 radical (unpaired) electrons. The first kappa shape index (κ1) is 9.39. The predicted octanol–water partition coefficient (Wildman–Crippen LogP) is 2.45. The molecule has 0 amide bonds. The number of benzene rings is 1. The van der Waals surface area contributed by atoms with E-state index in [-0.39, 0.29) is 6.61 Å². The van der Waals surface area contributed by atoms with Gasteiger partial charge in [0.25, 0.3) is 0 Å². The predicted molar refractivity (Wildman–Crippen MR) is 34.9 cm³/mol. The van der Waals surface area contributed by atoms with Gasteiger partial charge in [0.2, 0.25) is 5.82 Å². The summed E-state index contributed by atoms with van der Waals surface area (Å²) < 4.78 is 67.9. The van der Waals surface area contributed by atoms with E-state index in [4.69, 9.17) is 0 Å². The van der Waals surface area contributed by atoms with Gasteiger partial charge in [-0.05, 0) is 0 Å². The van der Waals surface area contributed by atoms with Crippen molar-refractivity contribution in [3.63, 3.8) is 0 Å². The van der Waals surface area contributed by atoms with E-state index < -0.39 is 40.8 Å². The van der Waals surface area contributed by atoms with Gasteiger partial charge < -0.3 is 4.74 Å². The standard InChI is InChI=1S/C8H3F5O/c9-4-3(2-1-14-2)5(10)7(12)8(13)6(4)11/h2H,1H2/t2-/m0/s1. The molecule has 1 fully saturated rings. The molecule has 2 rings (SSSR count). The highest BCUT2D eigenvalue weighted by molar-refractivity contribution is 5.27. The van der Waals surface area contributed by atoms with Crippen LogP contribution in [0.1, 0.15) is 11.7 Å². The minimum atomic E-state index is -2.15. The van der Waals surface area contributed by atoms with Crippen molar-refractivity contribution in [1.29, 1.82) is 0 Å². The Morgan fingerprint density at radius 3 is 1.50 bits per heavy atom. The third-order valence-electron chi connectivity index (χ3n) is 1.90. The molecule has 0 spiro atoms. The van der Waals surface area contributed by atoms with Gasteiger partial charge >= 0.3 is 0 Å². The lowest BCUT2D eigenvalue weighted by Crippen LogP contribution is -2.06. The second kappa shape index (κ2) is 2.91. The van der Waals surface area contributed by atoms with Crippen LogP contribution in [0.15, 0.2) is 0 Å². The van der Waals surface area contributed by atoms with E-state index in [2.05, 4.69) is 4.74 Å². The molecule has 1 nitrogen and oxygen atoms in total. The minimum absolute atomic E-state index is 0.0294. The maximum atomic E-state index is 12.9. The Bertz CT molecular complexity index is 370. The van der Waals surface area contributed by atoms with Crippen LogP contribution in [0.2, 0.25) is 0 Å². The van der Waals surface area contributed by atoms with Gasteiger partial charge in [-0.25, -0.2) is 22.0 Å². The largest absolute Gasteiger partial charge is 0.368 e. The molecule has 0 bridgehead atoms. The van der Waals surface area contributed by atoms with Crippen molar-refractivity contribution in [2.45, 2.75) is 6.10 Å². The number of halogens is 5. The Morgan fingerprint density at radius 1 is 0.786 bits per heavy atom. The van der Waals surface area contributed by atoms with Gasteiger partial charge in [-0.2, -0.15) is 0 Å². The fourth-order valence-corrected chi connectivity index (χ4v) is 1.12. The van der Waals surface area contributed by atoms with Crippen molar-refractivity contribution in [2.24, 2.45) is 0 Å². The van der Waals surface area contributed by atoms with Gasteiger partial charge in [0.1, 0.15) is 6.10 Å². The molecule has 1 aliphatic heterocycles. The molecule has 0 aliphatic carbocycles. The Kier molecular flexibility index (Phi) is 1.95. The van der Waals surface area contributed by atoms with E-state index >= 15 is 0 Å². The molecule has 76 valence electrons. The summed E-state index contributed by atoms with van der Waals surface area (Å²) in [5.74, 6) is -9.65. The monoisotopic (exact) mass is 210 g/mol. The SMILES string of the molecule is Fc1c(F)c(F)c([C@@H]2CO2)c(F)c1F. The quantitative estimate of drug-likeness (QED) is 0.300. The first-order valence-electron chi connectivity index (χ1n) is 3.67. The van der Waals surface area contributed by atoms with E-state index in [1.54, 1.807) is 0 Å². The Morgan fingerprint density at radius 2 is 1.14 bits per heavy atom.